The van der Waals surface area contributed by atoms with Gasteiger partial charge in [0.15, 0.2) is 5.75 Å². The first-order chi connectivity index (χ1) is 16.4. The Balaban J connectivity index is 1.78. The maximum atomic E-state index is 12.5. The molecule has 188 valence electrons. The molecule has 0 saturated heterocycles. The van der Waals surface area contributed by atoms with Gasteiger partial charge in [0, 0.05) is 13.1 Å². The summed E-state index contributed by atoms with van der Waals surface area (Å²) < 4.78 is 16.9. The van der Waals surface area contributed by atoms with Crippen LogP contribution in [-0.4, -0.2) is 46.4 Å². The molecule has 35 heavy (non-hydrogen) atoms. The number of aromatic nitrogens is 1. The molecule has 1 aliphatic heterocycles. The van der Waals surface area contributed by atoms with Gasteiger partial charge >= 0.3 is 12.2 Å². The summed E-state index contributed by atoms with van der Waals surface area (Å²) in [4.78, 5) is 31.1. The number of benzene rings is 1. The summed E-state index contributed by atoms with van der Waals surface area (Å²) >= 11 is 0. The van der Waals surface area contributed by atoms with Crippen molar-refractivity contribution in [3.63, 3.8) is 0 Å². The van der Waals surface area contributed by atoms with Gasteiger partial charge < -0.3 is 19.1 Å². The van der Waals surface area contributed by atoms with E-state index in [1.165, 1.54) is 0 Å². The fraction of sp³-hybridized carbons (Fsp3) is 0.444. The second kappa shape index (κ2) is 10.8. The van der Waals surface area contributed by atoms with Crippen molar-refractivity contribution < 1.29 is 23.8 Å². The Hall–Kier alpha value is -3.55. The number of pyridine rings is 1. The first-order valence-electron chi connectivity index (χ1n) is 11.7. The molecule has 3 rings (SSSR count). The van der Waals surface area contributed by atoms with E-state index >= 15 is 0 Å². The molecule has 0 saturated carbocycles. The largest absolute Gasteiger partial charge is 0.485 e. The van der Waals surface area contributed by atoms with Gasteiger partial charge in [0.05, 0.1) is 17.6 Å². The molecule has 1 aliphatic rings. The van der Waals surface area contributed by atoms with Crippen LogP contribution in [0.4, 0.5) is 15.3 Å². The van der Waals surface area contributed by atoms with Gasteiger partial charge in [0.25, 0.3) is 0 Å². The summed E-state index contributed by atoms with van der Waals surface area (Å²) in [5.74, 6) is 0.440. The highest BCUT2D eigenvalue weighted by molar-refractivity contribution is 5.88. The van der Waals surface area contributed by atoms with Crippen molar-refractivity contribution in [1.82, 2.24) is 9.88 Å². The summed E-state index contributed by atoms with van der Waals surface area (Å²) in [6.07, 6.45) is 3.26. The molecule has 0 atom stereocenters. The van der Waals surface area contributed by atoms with Crippen LogP contribution in [-0.2, 0) is 16.1 Å². The second-order valence-corrected chi connectivity index (χ2v) is 10.4. The molecule has 0 fully saturated rings. The zero-order valence-electron chi connectivity index (χ0n) is 21.4. The van der Waals surface area contributed by atoms with Gasteiger partial charge in [-0.15, -0.1) is 0 Å². The molecule has 1 N–H and O–H groups in total. The van der Waals surface area contributed by atoms with Gasteiger partial charge in [0.1, 0.15) is 17.8 Å². The number of carbonyl (C=O) groups is 2. The predicted molar refractivity (Wildman–Crippen MR) is 135 cm³/mol. The molecule has 8 nitrogen and oxygen atoms in total. The Bertz CT molecular complexity index is 1070. The fourth-order valence-electron chi connectivity index (χ4n) is 3.37. The van der Waals surface area contributed by atoms with Crippen LogP contribution in [0.25, 0.3) is 5.57 Å². The Kier molecular flexibility index (Phi) is 8.04. The number of carbonyl (C=O) groups excluding carboxylic acids is 2. The third kappa shape index (κ3) is 8.31. The minimum absolute atomic E-state index is 0.332. The summed E-state index contributed by atoms with van der Waals surface area (Å²) in [5, 5.41) is 2.80. The highest BCUT2D eigenvalue weighted by atomic mass is 16.6. The van der Waals surface area contributed by atoms with Crippen molar-refractivity contribution in [1.29, 1.82) is 0 Å². The number of rotatable bonds is 5. The highest BCUT2D eigenvalue weighted by Crippen LogP contribution is 2.30. The molecular weight excluding hydrogens is 446 g/mol. The monoisotopic (exact) mass is 481 g/mol. The zero-order chi connectivity index (χ0) is 25.6. The number of hydrogen-bond donors (Lipinski definition) is 1. The van der Waals surface area contributed by atoms with Crippen LogP contribution < -0.4 is 10.1 Å². The molecule has 0 radical (unpaired) electrons. The van der Waals surface area contributed by atoms with Gasteiger partial charge in [-0.3, -0.25) is 10.3 Å². The molecule has 0 aliphatic carbocycles. The van der Waals surface area contributed by atoms with Crippen LogP contribution in [0.2, 0.25) is 0 Å². The van der Waals surface area contributed by atoms with Crippen LogP contribution >= 0.6 is 0 Å². The Morgan fingerprint density at radius 2 is 1.71 bits per heavy atom. The van der Waals surface area contributed by atoms with Crippen molar-refractivity contribution in [3.8, 4) is 5.75 Å². The zero-order valence-corrected chi connectivity index (χ0v) is 21.4. The average Bonchev–Trinajstić information content (AvgIpc) is 2.76. The minimum atomic E-state index is -0.637. The molecule has 0 bridgehead atoms. The van der Waals surface area contributed by atoms with Crippen LogP contribution in [0.3, 0.4) is 0 Å². The molecule has 2 amide bonds. The Labute approximate surface area is 207 Å². The molecule has 2 heterocycles. The van der Waals surface area contributed by atoms with E-state index in [0.717, 1.165) is 11.1 Å². The first kappa shape index (κ1) is 26.1. The second-order valence-electron chi connectivity index (χ2n) is 10.4. The summed E-state index contributed by atoms with van der Waals surface area (Å²) in [6.45, 7) is 12.2. The van der Waals surface area contributed by atoms with E-state index in [2.05, 4.69) is 10.3 Å². The van der Waals surface area contributed by atoms with Gasteiger partial charge in [-0.25, -0.2) is 9.59 Å². The third-order valence-corrected chi connectivity index (χ3v) is 4.93. The lowest BCUT2D eigenvalue weighted by atomic mass is 10.0. The quantitative estimate of drug-likeness (QED) is 0.561. The number of hydrogen-bond acceptors (Lipinski definition) is 6. The van der Waals surface area contributed by atoms with Crippen molar-refractivity contribution in [2.75, 3.05) is 18.4 Å². The van der Waals surface area contributed by atoms with E-state index in [9.17, 15) is 9.59 Å². The number of ether oxygens (including phenoxy) is 3. The number of anilines is 1. The molecule has 0 spiro atoms. The van der Waals surface area contributed by atoms with E-state index in [0.29, 0.717) is 43.2 Å². The maximum Gasteiger partial charge on any atom is 0.412 e. The molecule has 2 aromatic rings. The van der Waals surface area contributed by atoms with E-state index in [-0.39, 0.29) is 6.09 Å². The van der Waals surface area contributed by atoms with E-state index < -0.39 is 17.3 Å². The van der Waals surface area contributed by atoms with Gasteiger partial charge in [-0.2, -0.15) is 0 Å². The predicted octanol–water partition coefficient (Wildman–Crippen LogP) is 6.03. The minimum Gasteiger partial charge on any atom is -0.485 e. The first-order valence-corrected chi connectivity index (χ1v) is 11.7. The van der Waals surface area contributed by atoms with Crippen molar-refractivity contribution >= 4 is 23.4 Å². The molecule has 1 aromatic carbocycles. The van der Waals surface area contributed by atoms with Gasteiger partial charge in [-0.1, -0.05) is 36.4 Å². The summed E-state index contributed by atoms with van der Waals surface area (Å²) in [5.41, 5.74) is 1.97. The normalized spacial score (nSPS) is 14.1. The Morgan fingerprint density at radius 3 is 2.31 bits per heavy atom. The van der Waals surface area contributed by atoms with Crippen LogP contribution in [0.5, 0.6) is 5.75 Å². The lowest BCUT2D eigenvalue weighted by Gasteiger charge is -2.29. The van der Waals surface area contributed by atoms with E-state index in [4.69, 9.17) is 14.2 Å². The molecule has 8 heteroatoms. The lowest BCUT2D eigenvalue weighted by molar-refractivity contribution is 0.0270. The Morgan fingerprint density at radius 1 is 1.03 bits per heavy atom. The van der Waals surface area contributed by atoms with Crippen molar-refractivity contribution in [2.24, 2.45) is 0 Å². The van der Waals surface area contributed by atoms with Crippen LogP contribution in [0, 0.1) is 0 Å². The van der Waals surface area contributed by atoms with Crippen molar-refractivity contribution in [2.45, 2.75) is 65.8 Å². The van der Waals surface area contributed by atoms with Gasteiger partial charge in [0.2, 0.25) is 0 Å². The SMILES string of the molecule is CC(C)(C)OC(=O)Nc1cc(C2=CCN(C(=O)OC(C)(C)C)CC2)ncc1OCc1ccccc1. The highest BCUT2D eigenvalue weighted by Gasteiger charge is 2.25. The average molecular weight is 482 g/mol. The van der Waals surface area contributed by atoms with Crippen LogP contribution in [0.1, 0.15) is 59.2 Å². The number of amides is 2. The molecular formula is C27H35N3O5. The third-order valence-electron chi connectivity index (χ3n) is 4.93. The fourth-order valence-corrected chi connectivity index (χ4v) is 3.37. The maximum absolute atomic E-state index is 12.5. The molecule has 1 aromatic heterocycles. The van der Waals surface area contributed by atoms with Gasteiger partial charge in [-0.05, 0) is 65.2 Å². The lowest BCUT2D eigenvalue weighted by Crippen LogP contribution is -2.39. The summed E-state index contributed by atoms with van der Waals surface area (Å²) in [6, 6.07) is 11.5. The smallest absolute Gasteiger partial charge is 0.412 e. The van der Waals surface area contributed by atoms with Crippen LogP contribution in [0.15, 0.2) is 48.7 Å². The topological polar surface area (TPSA) is 90.0 Å². The van der Waals surface area contributed by atoms with Crippen molar-refractivity contribution in [3.05, 3.63) is 59.9 Å². The number of nitrogens with zero attached hydrogens (tertiary/aromatic N) is 2. The van der Waals surface area contributed by atoms with E-state index in [1.54, 1.807) is 37.9 Å². The van der Waals surface area contributed by atoms with E-state index in [1.807, 2.05) is 57.2 Å². The molecule has 0 unspecified atom stereocenters. The number of nitrogens with one attached hydrogen (secondary N) is 1. The summed E-state index contributed by atoms with van der Waals surface area (Å²) in [7, 11) is 0. The standard InChI is InChI=1S/C27H35N3O5/c1-26(2,3)34-24(31)29-22-16-21(28-17-23(22)33-18-19-10-8-7-9-11-19)20-12-14-30(15-13-20)25(32)35-27(4,5)6/h7-12,16-17H,13-15,18H2,1-6H3,(H,28,29,31).